The van der Waals surface area contributed by atoms with Crippen LogP contribution in [0.2, 0.25) is 0 Å². The van der Waals surface area contributed by atoms with Gasteiger partial charge in [-0.25, -0.2) is 0 Å². The maximum absolute atomic E-state index is 12.1. The van der Waals surface area contributed by atoms with Gasteiger partial charge in [0.2, 0.25) is 0 Å². The number of halogens is 1. The minimum absolute atomic E-state index is 0.00631. The fourth-order valence-electron chi connectivity index (χ4n) is 2.14. The van der Waals surface area contributed by atoms with E-state index in [9.17, 15) is 4.79 Å². The van der Waals surface area contributed by atoms with Crippen molar-refractivity contribution in [3.63, 3.8) is 0 Å². The van der Waals surface area contributed by atoms with E-state index in [1.165, 1.54) is 0 Å². The number of carbonyl (C=O) groups is 1. The Balaban J connectivity index is 2.51. The standard InChI is InChI=1S/C13H15ClO2/c1-13(2)7-8-4-5-9(16-3)6-10(8)11(15)12(13)14/h4-6,12H,7H2,1-3H3. The first-order valence-corrected chi connectivity index (χ1v) is 5.74. The smallest absolute Gasteiger partial charge is 0.181 e. The van der Waals surface area contributed by atoms with Gasteiger partial charge in [-0.15, -0.1) is 11.6 Å². The lowest BCUT2D eigenvalue weighted by Crippen LogP contribution is -2.39. The van der Waals surface area contributed by atoms with Crippen molar-refractivity contribution in [1.82, 2.24) is 0 Å². The van der Waals surface area contributed by atoms with Crippen LogP contribution in [0.4, 0.5) is 0 Å². The normalized spacial score (nSPS) is 22.8. The molecular weight excluding hydrogens is 224 g/mol. The molecule has 2 nitrogen and oxygen atoms in total. The SMILES string of the molecule is COc1ccc2c(c1)C(=O)C(Cl)C(C)(C)C2. The summed E-state index contributed by atoms with van der Waals surface area (Å²) in [7, 11) is 1.59. The number of alkyl halides is 1. The molecule has 0 aliphatic heterocycles. The van der Waals surface area contributed by atoms with Crippen LogP contribution in [0.15, 0.2) is 18.2 Å². The van der Waals surface area contributed by atoms with Crippen LogP contribution in [0, 0.1) is 5.41 Å². The van der Waals surface area contributed by atoms with Gasteiger partial charge in [0.25, 0.3) is 0 Å². The molecule has 1 atom stereocenters. The largest absolute Gasteiger partial charge is 0.497 e. The van der Waals surface area contributed by atoms with Crippen LogP contribution in [0.25, 0.3) is 0 Å². The molecule has 0 saturated carbocycles. The Bertz CT molecular complexity index is 438. The predicted molar refractivity (Wildman–Crippen MR) is 64.5 cm³/mol. The summed E-state index contributed by atoms with van der Waals surface area (Å²) in [5.74, 6) is 0.711. The Kier molecular flexibility index (Phi) is 2.70. The van der Waals surface area contributed by atoms with Gasteiger partial charge in [0.15, 0.2) is 5.78 Å². The molecule has 3 heteroatoms. The van der Waals surface area contributed by atoms with Crippen molar-refractivity contribution >= 4 is 17.4 Å². The number of hydrogen-bond donors (Lipinski definition) is 0. The third kappa shape index (κ3) is 1.71. The van der Waals surface area contributed by atoms with Gasteiger partial charge in [0.1, 0.15) is 11.1 Å². The summed E-state index contributed by atoms with van der Waals surface area (Å²) in [4.78, 5) is 12.1. The molecule has 0 spiro atoms. The van der Waals surface area contributed by atoms with Gasteiger partial charge in [-0.1, -0.05) is 19.9 Å². The van der Waals surface area contributed by atoms with Crippen LogP contribution in [0.1, 0.15) is 29.8 Å². The zero-order valence-corrected chi connectivity index (χ0v) is 10.5. The molecule has 1 aromatic rings. The molecule has 2 rings (SSSR count). The lowest BCUT2D eigenvalue weighted by Gasteiger charge is -2.34. The number of ketones is 1. The van der Waals surface area contributed by atoms with E-state index in [4.69, 9.17) is 16.3 Å². The molecule has 16 heavy (non-hydrogen) atoms. The van der Waals surface area contributed by atoms with Gasteiger partial charge in [-0.05, 0) is 29.5 Å². The van der Waals surface area contributed by atoms with E-state index in [2.05, 4.69) is 0 Å². The Hall–Kier alpha value is -1.02. The minimum Gasteiger partial charge on any atom is -0.497 e. The minimum atomic E-state index is -0.452. The van der Waals surface area contributed by atoms with E-state index in [1.807, 2.05) is 26.0 Å². The summed E-state index contributed by atoms with van der Waals surface area (Å²) >= 11 is 6.19. The average Bonchev–Trinajstić information content (AvgIpc) is 2.25. The van der Waals surface area contributed by atoms with Crippen LogP contribution in [0.3, 0.4) is 0 Å². The molecule has 1 aliphatic rings. The molecule has 0 radical (unpaired) electrons. The first-order chi connectivity index (χ1) is 7.45. The molecular formula is C13H15ClO2. The number of hydrogen-bond acceptors (Lipinski definition) is 2. The molecule has 0 amide bonds. The fraction of sp³-hybridized carbons (Fsp3) is 0.462. The average molecular weight is 239 g/mol. The second-order valence-electron chi connectivity index (χ2n) is 4.92. The van der Waals surface area contributed by atoms with Crippen molar-refractivity contribution in [3.8, 4) is 5.75 Å². The number of ether oxygens (including phenoxy) is 1. The molecule has 0 fully saturated rings. The summed E-state index contributed by atoms with van der Waals surface area (Å²) in [6.45, 7) is 4.05. The zero-order chi connectivity index (χ0) is 11.9. The summed E-state index contributed by atoms with van der Waals surface area (Å²) in [5, 5.41) is -0.452. The van der Waals surface area contributed by atoms with Crippen molar-refractivity contribution in [1.29, 1.82) is 0 Å². The van der Waals surface area contributed by atoms with Crippen LogP contribution in [-0.2, 0) is 6.42 Å². The molecule has 0 bridgehead atoms. The lowest BCUT2D eigenvalue weighted by molar-refractivity contribution is 0.0920. The predicted octanol–water partition coefficient (Wildman–Crippen LogP) is 3.07. The number of rotatable bonds is 1. The fourth-order valence-corrected chi connectivity index (χ4v) is 2.33. The first-order valence-electron chi connectivity index (χ1n) is 5.31. The van der Waals surface area contributed by atoms with Crippen molar-refractivity contribution < 1.29 is 9.53 Å². The topological polar surface area (TPSA) is 26.3 Å². The van der Waals surface area contributed by atoms with E-state index in [0.29, 0.717) is 11.3 Å². The van der Waals surface area contributed by atoms with Gasteiger partial charge in [0, 0.05) is 5.56 Å². The highest BCUT2D eigenvalue weighted by atomic mass is 35.5. The maximum atomic E-state index is 12.1. The third-order valence-electron chi connectivity index (χ3n) is 3.14. The quantitative estimate of drug-likeness (QED) is 0.703. The van der Waals surface area contributed by atoms with E-state index in [0.717, 1.165) is 12.0 Å². The van der Waals surface area contributed by atoms with Crippen molar-refractivity contribution in [2.75, 3.05) is 7.11 Å². The highest BCUT2D eigenvalue weighted by molar-refractivity contribution is 6.35. The highest BCUT2D eigenvalue weighted by Crippen LogP contribution is 2.39. The van der Waals surface area contributed by atoms with Gasteiger partial charge >= 0.3 is 0 Å². The Morgan fingerprint density at radius 2 is 2.12 bits per heavy atom. The molecule has 1 aliphatic carbocycles. The van der Waals surface area contributed by atoms with Crippen molar-refractivity contribution in [2.45, 2.75) is 25.6 Å². The number of benzene rings is 1. The molecule has 0 saturated heterocycles. The summed E-state index contributed by atoms with van der Waals surface area (Å²) in [5.41, 5.74) is 1.59. The lowest BCUT2D eigenvalue weighted by atomic mass is 9.73. The van der Waals surface area contributed by atoms with Crippen LogP contribution in [-0.4, -0.2) is 18.3 Å². The number of carbonyl (C=O) groups excluding carboxylic acids is 1. The van der Waals surface area contributed by atoms with Crippen LogP contribution >= 0.6 is 11.6 Å². The molecule has 0 aromatic heterocycles. The van der Waals surface area contributed by atoms with E-state index >= 15 is 0 Å². The summed E-state index contributed by atoms with van der Waals surface area (Å²) in [6, 6.07) is 5.62. The summed E-state index contributed by atoms with van der Waals surface area (Å²) in [6.07, 6.45) is 0.826. The second kappa shape index (κ2) is 3.77. The number of methoxy groups -OCH3 is 1. The Morgan fingerprint density at radius 1 is 1.44 bits per heavy atom. The maximum Gasteiger partial charge on any atom is 0.181 e. The monoisotopic (exact) mass is 238 g/mol. The number of Topliss-reactive ketones (excluding diaryl/α,β-unsaturated/α-hetero) is 1. The van der Waals surface area contributed by atoms with Crippen LogP contribution in [0.5, 0.6) is 5.75 Å². The highest BCUT2D eigenvalue weighted by Gasteiger charge is 2.39. The van der Waals surface area contributed by atoms with E-state index < -0.39 is 5.38 Å². The molecule has 1 aromatic carbocycles. The second-order valence-corrected chi connectivity index (χ2v) is 5.35. The molecule has 86 valence electrons. The third-order valence-corrected chi connectivity index (χ3v) is 3.93. The van der Waals surface area contributed by atoms with Gasteiger partial charge in [0.05, 0.1) is 7.11 Å². The van der Waals surface area contributed by atoms with E-state index in [-0.39, 0.29) is 11.2 Å². The molecule has 1 unspecified atom stereocenters. The summed E-state index contributed by atoms with van der Waals surface area (Å²) < 4.78 is 5.12. The molecule has 0 heterocycles. The number of fused-ring (bicyclic) bond motifs is 1. The van der Waals surface area contributed by atoms with E-state index in [1.54, 1.807) is 13.2 Å². The zero-order valence-electron chi connectivity index (χ0n) is 9.71. The van der Waals surface area contributed by atoms with Gasteiger partial charge in [-0.3, -0.25) is 4.79 Å². The van der Waals surface area contributed by atoms with Crippen molar-refractivity contribution in [3.05, 3.63) is 29.3 Å². The molecule has 0 N–H and O–H groups in total. The van der Waals surface area contributed by atoms with Gasteiger partial charge in [-0.2, -0.15) is 0 Å². The Morgan fingerprint density at radius 3 is 2.75 bits per heavy atom. The van der Waals surface area contributed by atoms with Crippen LogP contribution < -0.4 is 4.74 Å². The first kappa shape index (κ1) is 11.5. The van der Waals surface area contributed by atoms with Crippen molar-refractivity contribution in [2.24, 2.45) is 5.41 Å². The Labute approximate surface area is 101 Å². The van der Waals surface area contributed by atoms with Gasteiger partial charge < -0.3 is 4.74 Å².